The summed E-state index contributed by atoms with van der Waals surface area (Å²) in [5.74, 6) is 0.613. The molecule has 1 aromatic rings. The molecule has 1 unspecified atom stereocenters. The van der Waals surface area contributed by atoms with Gasteiger partial charge in [-0.15, -0.1) is 0 Å². The highest BCUT2D eigenvalue weighted by molar-refractivity contribution is 7.99. The molecule has 0 fully saturated rings. The molecule has 1 heterocycles. The van der Waals surface area contributed by atoms with E-state index in [1.165, 1.54) is 0 Å². The van der Waals surface area contributed by atoms with Crippen molar-refractivity contribution in [2.45, 2.75) is 43.8 Å². The molecule has 0 amide bonds. The van der Waals surface area contributed by atoms with Gasteiger partial charge in [0, 0.05) is 12.8 Å². The Morgan fingerprint density at radius 2 is 2.32 bits per heavy atom. The van der Waals surface area contributed by atoms with Gasteiger partial charge in [-0.2, -0.15) is 5.10 Å². The molecule has 0 aliphatic heterocycles. The molecule has 0 aliphatic rings. The Kier molecular flexibility index (Phi) is 6.30. The molecule has 0 spiro atoms. The van der Waals surface area contributed by atoms with E-state index in [1.54, 1.807) is 36.6 Å². The van der Waals surface area contributed by atoms with E-state index in [1.807, 2.05) is 7.05 Å². The van der Waals surface area contributed by atoms with Crippen LogP contribution in [0.1, 0.15) is 33.1 Å². The summed E-state index contributed by atoms with van der Waals surface area (Å²) in [5, 5.41) is 4.91. The Morgan fingerprint density at radius 1 is 1.58 bits per heavy atom. The number of hydrogen-bond acceptors (Lipinski definition) is 6. The number of aromatic nitrogens is 3. The van der Waals surface area contributed by atoms with Gasteiger partial charge < -0.3 is 10.5 Å². The van der Waals surface area contributed by atoms with Gasteiger partial charge >= 0.3 is 5.97 Å². The van der Waals surface area contributed by atoms with E-state index in [4.69, 9.17) is 10.5 Å². The van der Waals surface area contributed by atoms with Crippen LogP contribution in [-0.4, -0.2) is 38.6 Å². The van der Waals surface area contributed by atoms with Crippen molar-refractivity contribution in [1.82, 2.24) is 14.8 Å². The zero-order valence-electron chi connectivity index (χ0n) is 11.8. The Hall–Kier alpha value is -1.08. The first kappa shape index (κ1) is 16.0. The summed E-state index contributed by atoms with van der Waals surface area (Å²) < 4.78 is 6.69. The predicted molar refractivity (Wildman–Crippen MR) is 74.8 cm³/mol. The van der Waals surface area contributed by atoms with Gasteiger partial charge in [0.2, 0.25) is 0 Å². The van der Waals surface area contributed by atoms with Crippen molar-refractivity contribution in [1.29, 1.82) is 0 Å². The minimum Gasteiger partial charge on any atom is -0.465 e. The number of unbranched alkanes of at least 4 members (excludes halogenated alkanes) is 1. The number of ether oxygens (including phenoxy) is 1. The maximum atomic E-state index is 11.6. The third kappa shape index (κ3) is 5.20. The molecule has 0 bridgehead atoms. The second-order valence-corrected chi connectivity index (χ2v) is 5.67. The fourth-order valence-corrected chi connectivity index (χ4v) is 2.46. The lowest BCUT2D eigenvalue weighted by molar-refractivity contribution is -0.149. The summed E-state index contributed by atoms with van der Waals surface area (Å²) >= 11 is 1.66. The van der Waals surface area contributed by atoms with E-state index < -0.39 is 5.54 Å². The summed E-state index contributed by atoms with van der Waals surface area (Å²) in [6, 6.07) is 0. The molecule has 0 radical (unpaired) electrons. The highest BCUT2D eigenvalue weighted by Gasteiger charge is 2.28. The molecule has 0 aliphatic carbocycles. The molecule has 0 saturated carbocycles. The molecule has 7 heteroatoms. The van der Waals surface area contributed by atoms with Crippen LogP contribution < -0.4 is 5.73 Å². The van der Waals surface area contributed by atoms with Crippen LogP contribution in [0.4, 0.5) is 0 Å². The van der Waals surface area contributed by atoms with E-state index >= 15 is 0 Å². The van der Waals surface area contributed by atoms with Gasteiger partial charge in [-0.3, -0.25) is 4.79 Å². The van der Waals surface area contributed by atoms with Crippen LogP contribution in [0.5, 0.6) is 0 Å². The lowest BCUT2D eigenvalue weighted by Gasteiger charge is -2.21. The first-order valence-electron chi connectivity index (χ1n) is 6.40. The molecule has 2 N–H and O–H groups in total. The lowest BCUT2D eigenvalue weighted by atomic mass is 9.96. The molecule has 1 aromatic heterocycles. The fourth-order valence-electron chi connectivity index (χ4n) is 1.57. The summed E-state index contributed by atoms with van der Waals surface area (Å²) in [7, 11) is 1.87. The minimum absolute atomic E-state index is 0.323. The van der Waals surface area contributed by atoms with E-state index in [9.17, 15) is 4.79 Å². The van der Waals surface area contributed by atoms with Crippen molar-refractivity contribution >= 4 is 17.7 Å². The van der Waals surface area contributed by atoms with Gasteiger partial charge in [-0.25, -0.2) is 9.67 Å². The Labute approximate surface area is 118 Å². The van der Waals surface area contributed by atoms with E-state index in [2.05, 4.69) is 10.1 Å². The quantitative estimate of drug-likeness (QED) is 0.441. The summed E-state index contributed by atoms with van der Waals surface area (Å²) in [4.78, 5) is 15.7. The van der Waals surface area contributed by atoms with Crippen molar-refractivity contribution in [3.05, 3.63) is 6.33 Å². The standard InChI is InChI=1S/C12H22N4O2S/c1-4-18-10(17)12(2,13)7-5-6-8-19-11-14-9-15-16(11)3/h9H,4-8,13H2,1-3H3. The number of esters is 1. The largest absolute Gasteiger partial charge is 0.465 e. The number of hydrogen-bond donors (Lipinski definition) is 1. The van der Waals surface area contributed by atoms with Gasteiger partial charge in [-0.1, -0.05) is 18.2 Å². The first-order chi connectivity index (χ1) is 8.97. The van der Waals surface area contributed by atoms with Gasteiger partial charge in [0.1, 0.15) is 11.9 Å². The van der Waals surface area contributed by atoms with Crippen LogP contribution in [0.25, 0.3) is 0 Å². The van der Waals surface area contributed by atoms with Gasteiger partial charge in [-0.05, 0) is 26.7 Å². The van der Waals surface area contributed by atoms with Crippen LogP contribution in [0.15, 0.2) is 11.5 Å². The maximum absolute atomic E-state index is 11.6. The minimum atomic E-state index is -0.883. The molecule has 0 saturated heterocycles. The first-order valence-corrected chi connectivity index (χ1v) is 7.39. The van der Waals surface area contributed by atoms with Crippen molar-refractivity contribution in [2.75, 3.05) is 12.4 Å². The van der Waals surface area contributed by atoms with Gasteiger partial charge in [0.15, 0.2) is 5.16 Å². The molecule has 1 atom stereocenters. The van der Waals surface area contributed by atoms with E-state index in [0.717, 1.165) is 23.8 Å². The Bertz CT molecular complexity index is 406. The number of thioether (sulfide) groups is 1. The lowest BCUT2D eigenvalue weighted by Crippen LogP contribution is -2.46. The number of nitrogens with two attached hydrogens (primary N) is 1. The van der Waals surface area contributed by atoms with Crippen molar-refractivity contribution < 1.29 is 9.53 Å². The second-order valence-electron chi connectivity index (χ2n) is 4.61. The van der Waals surface area contributed by atoms with Crippen LogP contribution in [0.3, 0.4) is 0 Å². The number of aryl methyl sites for hydroxylation is 1. The molecular formula is C12H22N4O2S. The normalized spacial score (nSPS) is 14.1. The summed E-state index contributed by atoms with van der Waals surface area (Å²) in [6.45, 7) is 3.87. The highest BCUT2D eigenvalue weighted by atomic mass is 32.2. The smallest absolute Gasteiger partial charge is 0.325 e. The topological polar surface area (TPSA) is 83.0 Å². The SMILES string of the molecule is CCOC(=O)C(C)(N)CCCCSc1ncnn1C. The van der Waals surface area contributed by atoms with Crippen LogP contribution >= 0.6 is 11.8 Å². The van der Waals surface area contributed by atoms with Crippen LogP contribution in [-0.2, 0) is 16.6 Å². The third-order valence-electron chi connectivity index (χ3n) is 2.73. The number of rotatable bonds is 8. The van der Waals surface area contributed by atoms with Crippen molar-refractivity contribution in [3.8, 4) is 0 Å². The summed E-state index contributed by atoms with van der Waals surface area (Å²) in [6.07, 6.45) is 4.03. The zero-order chi connectivity index (χ0) is 14.3. The van der Waals surface area contributed by atoms with Crippen molar-refractivity contribution in [2.24, 2.45) is 12.8 Å². The molecule has 1 rings (SSSR count). The van der Waals surface area contributed by atoms with Gasteiger partial charge in [0.25, 0.3) is 0 Å². The Morgan fingerprint density at radius 3 is 2.89 bits per heavy atom. The summed E-state index contributed by atoms with van der Waals surface area (Å²) in [5.41, 5.74) is 5.06. The molecular weight excluding hydrogens is 264 g/mol. The fraction of sp³-hybridized carbons (Fsp3) is 0.750. The van der Waals surface area contributed by atoms with Crippen LogP contribution in [0.2, 0.25) is 0 Å². The highest BCUT2D eigenvalue weighted by Crippen LogP contribution is 2.18. The number of nitrogens with zero attached hydrogens (tertiary/aromatic N) is 3. The van der Waals surface area contributed by atoms with E-state index in [-0.39, 0.29) is 5.97 Å². The van der Waals surface area contributed by atoms with Gasteiger partial charge in [0.05, 0.1) is 6.61 Å². The number of carbonyl (C=O) groups excluding carboxylic acids is 1. The monoisotopic (exact) mass is 286 g/mol. The molecule has 6 nitrogen and oxygen atoms in total. The average molecular weight is 286 g/mol. The average Bonchev–Trinajstić information content (AvgIpc) is 2.75. The van der Waals surface area contributed by atoms with Crippen LogP contribution in [0, 0.1) is 0 Å². The zero-order valence-corrected chi connectivity index (χ0v) is 12.6. The predicted octanol–water partition coefficient (Wildman–Crippen LogP) is 1.36. The van der Waals surface area contributed by atoms with Crippen molar-refractivity contribution in [3.63, 3.8) is 0 Å². The molecule has 108 valence electrons. The van der Waals surface area contributed by atoms with E-state index in [0.29, 0.717) is 13.0 Å². The third-order valence-corrected chi connectivity index (χ3v) is 3.85. The Balaban J connectivity index is 2.20. The maximum Gasteiger partial charge on any atom is 0.325 e. The number of carbonyl (C=O) groups is 1. The molecule has 0 aromatic carbocycles. The molecule has 19 heavy (non-hydrogen) atoms. The second kappa shape index (κ2) is 7.49.